The molecule has 0 atom stereocenters. The minimum Gasteiger partial charge on any atom is -0.465 e. The summed E-state index contributed by atoms with van der Waals surface area (Å²) in [6.45, 7) is 0. The van der Waals surface area contributed by atoms with Gasteiger partial charge >= 0.3 is 11.9 Å². The molecule has 0 spiro atoms. The number of thioether (sulfide) groups is 3. The number of methoxy groups -OCH3 is 2. The maximum Gasteiger partial charge on any atom is 0.346 e. The Morgan fingerprint density at radius 1 is 0.870 bits per heavy atom. The second kappa shape index (κ2) is 6.46. The second-order valence-corrected chi connectivity index (χ2v) is 7.68. The zero-order valence-electron chi connectivity index (χ0n) is 12.1. The van der Waals surface area contributed by atoms with E-state index in [0.29, 0.717) is 9.80 Å². The quantitative estimate of drug-likeness (QED) is 0.739. The van der Waals surface area contributed by atoms with Crippen molar-refractivity contribution in [3.8, 4) is 0 Å². The summed E-state index contributed by atoms with van der Waals surface area (Å²) in [5.74, 6) is -1.19. The molecular formula is C15H10O5S3. The summed E-state index contributed by atoms with van der Waals surface area (Å²) in [6.07, 6.45) is 0. The van der Waals surface area contributed by atoms with Gasteiger partial charge in [-0.1, -0.05) is 41.7 Å². The molecule has 2 aliphatic rings. The zero-order chi connectivity index (χ0) is 16.6. The summed E-state index contributed by atoms with van der Waals surface area (Å²) in [6, 6.07) is 7.26. The molecule has 0 saturated heterocycles. The average Bonchev–Trinajstić information content (AvgIpc) is 3.16. The van der Waals surface area contributed by atoms with E-state index in [4.69, 9.17) is 9.47 Å². The highest BCUT2D eigenvalue weighted by atomic mass is 32.2. The first-order valence-corrected chi connectivity index (χ1v) is 8.84. The molecule has 0 amide bonds. The number of benzene rings is 1. The number of esters is 2. The van der Waals surface area contributed by atoms with Gasteiger partial charge in [0.2, 0.25) is 5.12 Å². The van der Waals surface area contributed by atoms with Gasteiger partial charge in [0.25, 0.3) is 0 Å². The van der Waals surface area contributed by atoms with E-state index in [1.54, 1.807) is 12.1 Å². The van der Waals surface area contributed by atoms with Crippen molar-refractivity contribution in [3.05, 3.63) is 49.4 Å². The zero-order valence-corrected chi connectivity index (χ0v) is 14.5. The number of hydrogen-bond donors (Lipinski definition) is 0. The van der Waals surface area contributed by atoms with Crippen molar-refractivity contribution in [1.29, 1.82) is 0 Å². The highest BCUT2D eigenvalue weighted by Gasteiger charge is 2.37. The van der Waals surface area contributed by atoms with E-state index in [1.165, 1.54) is 14.2 Å². The van der Waals surface area contributed by atoms with Crippen molar-refractivity contribution in [2.45, 2.75) is 0 Å². The Morgan fingerprint density at radius 3 is 1.91 bits per heavy atom. The predicted molar refractivity (Wildman–Crippen MR) is 91.5 cm³/mol. The van der Waals surface area contributed by atoms with Crippen LogP contribution in [0.5, 0.6) is 0 Å². The first-order chi connectivity index (χ1) is 11.1. The molecule has 1 aromatic carbocycles. The molecule has 2 heterocycles. The van der Waals surface area contributed by atoms with Crippen LogP contribution >= 0.6 is 35.3 Å². The molecule has 0 saturated carbocycles. The molecule has 0 radical (unpaired) electrons. The Bertz CT molecular complexity index is 764. The molecule has 3 rings (SSSR count). The van der Waals surface area contributed by atoms with Crippen LogP contribution in [0.15, 0.2) is 38.3 Å². The number of ether oxygens (including phenoxy) is 2. The van der Waals surface area contributed by atoms with Crippen molar-refractivity contribution in [2.75, 3.05) is 14.2 Å². The van der Waals surface area contributed by atoms with Crippen LogP contribution in [-0.2, 0) is 19.1 Å². The number of rotatable bonds is 2. The molecule has 5 nitrogen and oxygen atoms in total. The fraction of sp³-hybridized carbons (Fsp3) is 0.133. The van der Waals surface area contributed by atoms with Gasteiger partial charge in [-0.2, -0.15) is 0 Å². The fourth-order valence-electron chi connectivity index (χ4n) is 2.06. The lowest BCUT2D eigenvalue weighted by atomic mass is 10.1. The van der Waals surface area contributed by atoms with Gasteiger partial charge in [-0.25, -0.2) is 9.59 Å². The maximum atomic E-state index is 12.1. The summed E-state index contributed by atoms with van der Waals surface area (Å²) in [4.78, 5) is 37.0. The third-order valence-electron chi connectivity index (χ3n) is 3.11. The lowest BCUT2D eigenvalue weighted by molar-refractivity contribution is -0.138. The second-order valence-electron chi connectivity index (χ2n) is 4.40. The van der Waals surface area contributed by atoms with Crippen molar-refractivity contribution in [1.82, 2.24) is 0 Å². The maximum absolute atomic E-state index is 12.1. The van der Waals surface area contributed by atoms with E-state index in [2.05, 4.69) is 0 Å². The summed E-state index contributed by atoms with van der Waals surface area (Å²) < 4.78 is 10.2. The number of hydrogen-bond acceptors (Lipinski definition) is 8. The normalized spacial score (nSPS) is 16.7. The molecule has 0 unspecified atom stereocenters. The van der Waals surface area contributed by atoms with Crippen LogP contribution in [0.4, 0.5) is 0 Å². The van der Waals surface area contributed by atoms with E-state index >= 15 is 0 Å². The number of carbonyl (C=O) groups is 3. The van der Waals surface area contributed by atoms with Crippen LogP contribution in [0.1, 0.15) is 15.9 Å². The van der Waals surface area contributed by atoms with E-state index in [1.807, 2.05) is 12.1 Å². The summed E-state index contributed by atoms with van der Waals surface area (Å²) in [5.41, 5.74) is 1.44. The van der Waals surface area contributed by atoms with Crippen LogP contribution < -0.4 is 0 Å². The highest BCUT2D eigenvalue weighted by molar-refractivity contribution is 8.32. The predicted octanol–water partition coefficient (Wildman–Crippen LogP) is 3.24. The lowest BCUT2D eigenvalue weighted by Crippen LogP contribution is -2.08. The Labute approximate surface area is 144 Å². The Kier molecular flexibility index (Phi) is 4.56. The number of fused-ring (bicyclic) bond motifs is 1. The summed E-state index contributed by atoms with van der Waals surface area (Å²) in [5, 5.41) is -0.0459. The smallest absolute Gasteiger partial charge is 0.346 e. The van der Waals surface area contributed by atoms with Gasteiger partial charge in [-0.3, -0.25) is 4.79 Å². The SMILES string of the molecule is COC(=O)C1=C(C(=O)OC)SC(=C2SC(=O)c3ccccc32)S1. The van der Waals surface area contributed by atoms with Crippen molar-refractivity contribution >= 4 is 57.2 Å². The largest absolute Gasteiger partial charge is 0.465 e. The average molecular weight is 366 g/mol. The van der Waals surface area contributed by atoms with Crippen LogP contribution in [0.3, 0.4) is 0 Å². The van der Waals surface area contributed by atoms with Gasteiger partial charge < -0.3 is 9.47 Å². The molecule has 2 aliphatic heterocycles. The van der Waals surface area contributed by atoms with Gasteiger partial charge in [0.05, 0.1) is 18.5 Å². The first-order valence-electron chi connectivity index (χ1n) is 6.39. The first kappa shape index (κ1) is 16.2. The molecule has 0 aromatic heterocycles. The highest BCUT2D eigenvalue weighted by Crippen LogP contribution is 2.57. The topological polar surface area (TPSA) is 69.7 Å². The summed E-state index contributed by atoms with van der Waals surface area (Å²) in [7, 11) is 2.51. The van der Waals surface area contributed by atoms with Crippen molar-refractivity contribution in [3.63, 3.8) is 0 Å². The Balaban J connectivity index is 2.04. The molecular weight excluding hydrogens is 356 g/mol. The van der Waals surface area contributed by atoms with E-state index in [-0.39, 0.29) is 14.9 Å². The number of carbonyl (C=O) groups excluding carboxylic acids is 3. The summed E-state index contributed by atoms with van der Waals surface area (Å²) >= 11 is 3.37. The molecule has 1 aromatic rings. The third-order valence-corrected chi connectivity index (χ3v) is 6.96. The van der Waals surface area contributed by atoms with Gasteiger partial charge in [0, 0.05) is 16.0 Å². The monoisotopic (exact) mass is 366 g/mol. The van der Waals surface area contributed by atoms with E-state index < -0.39 is 11.9 Å². The molecule has 0 bridgehead atoms. The van der Waals surface area contributed by atoms with Gasteiger partial charge in [-0.05, 0) is 17.8 Å². The Morgan fingerprint density at radius 2 is 1.39 bits per heavy atom. The van der Waals surface area contributed by atoms with Gasteiger partial charge in [0.1, 0.15) is 9.81 Å². The van der Waals surface area contributed by atoms with Crippen LogP contribution in [0.25, 0.3) is 4.91 Å². The lowest BCUT2D eigenvalue weighted by Gasteiger charge is -2.03. The van der Waals surface area contributed by atoms with Gasteiger partial charge in [-0.15, -0.1) is 0 Å². The van der Waals surface area contributed by atoms with Crippen LogP contribution in [0.2, 0.25) is 0 Å². The van der Waals surface area contributed by atoms with Crippen molar-refractivity contribution in [2.24, 2.45) is 0 Å². The standard InChI is InChI=1S/C15H10O5S3/c1-19-12(16)10-11(13(17)20-2)23-15(22-10)9-7-5-3-4-6-8(7)14(18)21-9/h3-6H,1-2H3. The van der Waals surface area contributed by atoms with E-state index in [0.717, 1.165) is 45.8 Å². The van der Waals surface area contributed by atoms with Crippen molar-refractivity contribution < 1.29 is 23.9 Å². The van der Waals surface area contributed by atoms with E-state index in [9.17, 15) is 14.4 Å². The Hall–Kier alpha value is -1.64. The third kappa shape index (κ3) is 2.82. The fourth-order valence-corrected chi connectivity index (χ4v) is 5.78. The molecule has 118 valence electrons. The van der Waals surface area contributed by atoms with Gasteiger partial charge in [0.15, 0.2) is 0 Å². The minimum absolute atomic E-state index is 0.0459. The molecule has 0 N–H and O–H groups in total. The van der Waals surface area contributed by atoms with Crippen LogP contribution in [-0.4, -0.2) is 31.3 Å². The molecule has 0 aliphatic carbocycles. The molecule has 0 fully saturated rings. The minimum atomic E-state index is -0.596. The van der Waals surface area contributed by atoms with Crippen LogP contribution in [0, 0.1) is 0 Å². The molecule has 8 heteroatoms. The molecule has 23 heavy (non-hydrogen) atoms.